The van der Waals surface area contributed by atoms with Gasteiger partial charge in [0.2, 0.25) is 0 Å². The van der Waals surface area contributed by atoms with Crippen LogP contribution in [0.5, 0.6) is 0 Å². The zero-order valence-corrected chi connectivity index (χ0v) is 11.1. The van der Waals surface area contributed by atoms with Crippen molar-refractivity contribution in [3.05, 3.63) is 55.5 Å². The second-order valence-electron chi connectivity index (χ2n) is 3.79. The van der Waals surface area contributed by atoms with E-state index in [2.05, 4.69) is 20.9 Å². The Morgan fingerprint density at radius 1 is 1.44 bits per heavy atom. The number of Topliss-reactive ketones (excluding diaryl/α,β-unsaturated/α-hetero) is 1. The van der Waals surface area contributed by atoms with Crippen molar-refractivity contribution >= 4 is 21.7 Å². The molecule has 0 saturated heterocycles. The summed E-state index contributed by atoms with van der Waals surface area (Å²) in [4.78, 5) is 36.7. The predicted molar refractivity (Wildman–Crippen MR) is 68.8 cm³/mol. The number of hydrogen-bond acceptors (Lipinski definition) is 3. The number of rotatable bonds is 3. The van der Waals surface area contributed by atoms with Gasteiger partial charge in [0.25, 0.3) is 5.56 Å². The van der Waals surface area contributed by atoms with Gasteiger partial charge in [-0.15, -0.1) is 0 Å². The van der Waals surface area contributed by atoms with Gasteiger partial charge in [-0.25, -0.2) is 4.79 Å². The van der Waals surface area contributed by atoms with Gasteiger partial charge >= 0.3 is 5.69 Å². The molecule has 2 heterocycles. The van der Waals surface area contributed by atoms with E-state index in [0.717, 1.165) is 4.57 Å². The predicted octanol–water partition coefficient (Wildman–Crippen LogP) is 0.520. The van der Waals surface area contributed by atoms with E-state index in [4.69, 9.17) is 0 Å². The minimum absolute atomic E-state index is 0.119. The summed E-state index contributed by atoms with van der Waals surface area (Å²) in [6.07, 6.45) is 3.06. The van der Waals surface area contributed by atoms with Gasteiger partial charge in [0, 0.05) is 19.4 Å². The first-order valence-electron chi connectivity index (χ1n) is 5.13. The van der Waals surface area contributed by atoms with E-state index in [9.17, 15) is 14.4 Å². The number of hydrogen-bond donors (Lipinski definition) is 1. The molecule has 7 heteroatoms. The summed E-state index contributed by atoms with van der Waals surface area (Å²) in [7, 11) is 1.75. The maximum atomic E-state index is 12.0. The van der Waals surface area contributed by atoms with Crippen molar-refractivity contribution in [2.45, 2.75) is 6.54 Å². The number of nitrogens with one attached hydrogen (secondary N) is 1. The third kappa shape index (κ3) is 2.35. The number of carbonyl (C=O) groups excluding carboxylic acids is 1. The summed E-state index contributed by atoms with van der Waals surface area (Å²) >= 11 is 3.01. The van der Waals surface area contributed by atoms with Crippen molar-refractivity contribution in [2.24, 2.45) is 7.05 Å². The summed E-state index contributed by atoms with van der Waals surface area (Å²) in [5, 5.41) is 0. The fourth-order valence-electron chi connectivity index (χ4n) is 1.59. The third-order valence-corrected chi connectivity index (χ3v) is 3.08. The van der Waals surface area contributed by atoms with Gasteiger partial charge in [-0.05, 0) is 28.1 Å². The van der Waals surface area contributed by atoms with Crippen LogP contribution in [0.3, 0.4) is 0 Å². The molecule has 6 nitrogen and oxygen atoms in total. The molecule has 0 saturated carbocycles. The molecule has 2 rings (SSSR count). The fourth-order valence-corrected chi connectivity index (χ4v) is 1.93. The summed E-state index contributed by atoms with van der Waals surface area (Å²) in [5.74, 6) is -0.205. The fraction of sp³-hybridized carbons (Fsp3) is 0.182. The summed E-state index contributed by atoms with van der Waals surface area (Å²) < 4.78 is 3.04. The van der Waals surface area contributed by atoms with Crippen molar-refractivity contribution in [3.63, 3.8) is 0 Å². The number of nitrogens with zero attached hydrogens (tertiary/aromatic N) is 2. The maximum absolute atomic E-state index is 12.0. The van der Waals surface area contributed by atoms with Crippen molar-refractivity contribution in [1.82, 2.24) is 14.1 Å². The molecule has 0 radical (unpaired) electrons. The molecule has 0 spiro atoms. The highest BCUT2D eigenvalue weighted by molar-refractivity contribution is 9.10. The Kier molecular flexibility index (Phi) is 3.33. The molecule has 0 aromatic carbocycles. The topological polar surface area (TPSA) is 76.9 Å². The Hall–Kier alpha value is -1.89. The normalized spacial score (nSPS) is 10.6. The first-order valence-corrected chi connectivity index (χ1v) is 5.92. The molecule has 0 amide bonds. The van der Waals surface area contributed by atoms with Gasteiger partial charge in [0.15, 0.2) is 5.78 Å². The van der Waals surface area contributed by atoms with Gasteiger partial charge in [-0.1, -0.05) is 0 Å². The maximum Gasteiger partial charge on any atom is 0.328 e. The molecule has 0 bridgehead atoms. The lowest BCUT2D eigenvalue weighted by Gasteiger charge is -2.05. The second-order valence-corrected chi connectivity index (χ2v) is 4.65. The standard InChI is InChI=1S/C11H10BrN3O3/c1-14-4-2-3-8(14)9(16)6-15-5-7(12)10(17)13-11(15)18/h2-5H,6H2,1H3,(H,13,17,18). The van der Waals surface area contributed by atoms with Crippen LogP contribution in [0, 0.1) is 0 Å². The van der Waals surface area contributed by atoms with Crippen LogP contribution >= 0.6 is 15.9 Å². The Balaban J connectivity index is 2.33. The van der Waals surface area contributed by atoms with Gasteiger partial charge in [0.1, 0.15) is 0 Å². The number of H-pyrrole nitrogens is 1. The summed E-state index contributed by atoms with van der Waals surface area (Å²) in [5.41, 5.74) is -0.613. The van der Waals surface area contributed by atoms with Crippen LogP contribution in [0.2, 0.25) is 0 Å². The highest BCUT2D eigenvalue weighted by Crippen LogP contribution is 2.03. The van der Waals surface area contributed by atoms with E-state index in [1.165, 1.54) is 6.20 Å². The number of aryl methyl sites for hydroxylation is 1. The van der Waals surface area contributed by atoms with Crippen LogP contribution in [0.25, 0.3) is 0 Å². The van der Waals surface area contributed by atoms with Crippen LogP contribution in [-0.4, -0.2) is 19.9 Å². The number of halogens is 1. The summed E-state index contributed by atoms with van der Waals surface area (Å²) in [6.45, 7) is -0.119. The van der Waals surface area contributed by atoms with Gasteiger partial charge in [0.05, 0.1) is 16.7 Å². The zero-order chi connectivity index (χ0) is 13.3. The lowest BCUT2D eigenvalue weighted by Crippen LogP contribution is -2.32. The third-order valence-electron chi connectivity index (χ3n) is 2.51. The Morgan fingerprint density at radius 2 is 2.17 bits per heavy atom. The Labute approximate surface area is 110 Å². The molecule has 0 aliphatic heterocycles. The van der Waals surface area contributed by atoms with E-state index < -0.39 is 11.2 Å². The number of carbonyl (C=O) groups is 1. The SMILES string of the molecule is Cn1cccc1C(=O)Cn1cc(Br)c(=O)[nH]c1=O. The molecule has 1 N–H and O–H groups in total. The molecule has 0 atom stereocenters. The minimum atomic E-state index is -0.606. The molecular formula is C11H10BrN3O3. The average Bonchev–Trinajstić information content (AvgIpc) is 2.72. The minimum Gasteiger partial charge on any atom is -0.348 e. The Morgan fingerprint density at radius 3 is 2.78 bits per heavy atom. The summed E-state index contributed by atoms with van der Waals surface area (Å²) in [6, 6.07) is 3.42. The molecule has 2 aromatic rings. The van der Waals surface area contributed by atoms with E-state index in [0.29, 0.717) is 5.69 Å². The lowest BCUT2D eigenvalue weighted by molar-refractivity contribution is 0.0962. The molecule has 2 aromatic heterocycles. The van der Waals surface area contributed by atoms with Crippen LogP contribution in [0.1, 0.15) is 10.5 Å². The first kappa shape index (κ1) is 12.6. The molecular weight excluding hydrogens is 302 g/mol. The van der Waals surface area contributed by atoms with Crippen LogP contribution in [0.4, 0.5) is 0 Å². The van der Waals surface area contributed by atoms with Crippen LogP contribution in [-0.2, 0) is 13.6 Å². The highest BCUT2D eigenvalue weighted by atomic mass is 79.9. The smallest absolute Gasteiger partial charge is 0.328 e. The quantitative estimate of drug-likeness (QED) is 0.840. The van der Waals surface area contributed by atoms with Crippen LogP contribution < -0.4 is 11.2 Å². The van der Waals surface area contributed by atoms with Crippen molar-refractivity contribution < 1.29 is 4.79 Å². The van der Waals surface area contributed by atoms with Crippen molar-refractivity contribution in [1.29, 1.82) is 0 Å². The highest BCUT2D eigenvalue weighted by Gasteiger charge is 2.11. The largest absolute Gasteiger partial charge is 0.348 e. The molecule has 0 aliphatic rings. The Bertz CT molecular complexity index is 711. The second kappa shape index (κ2) is 4.77. The molecule has 94 valence electrons. The lowest BCUT2D eigenvalue weighted by atomic mass is 10.3. The van der Waals surface area contributed by atoms with Crippen molar-refractivity contribution in [3.8, 4) is 0 Å². The molecule has 0 fully saturated rings. The molecule has 18 heavy (non-hydrogen) atoms. The van der Waals surface area contributed by atoms with Gasteiger partial charge in [-0.2, -0.15) is 0 Å². The molecule has 0 unspecified atom stereocenters. The number of ketones is 1. The van der Waals surface area contributed by atoms with Crippen molar-refractivity contribution in [2.75, 3.05) is 0 Å². The van der Waals surface area contributed by atoms with Gasteiger partial charge < -0.3 is 4.57 Å². The number of aromatic nitrogens is 3. The van der Waals surface area contributed by atoms with Crippen LogP contribution in [0.15, 0.2) is 38.6 Å². The van der Waals surface area contributed by atoms with Gasteiger partial charge in [-0.3, -0.25) is 19.1 Å². The van der Waals surface area contributed by atoms with E-state index in [1.807, 2.05) is 0 Å². The van der Waals surface area contributed by atoms with E-state index in [-0.39, 0.29) is 16.8 Å². The molecule has 0 aliphatic carbocycles. The number of aromatic amines is 1. The zero-order valence-electron chi connectivity index (χ0n) is 9.51. The first-order chi connectivity index (χ1) is 8.49. The van der Waals surface area contributed by atoms with E-state index >= 15 is 0 Å². The monoisotopic (exact) mass is 311 g/mol. The van der Waals surface area contributed by atoms with E-state index in [1.54, 1.807) is 29.9 Å². The average molecular weight is 312 g/mol.